The fourth-order valence-corrected chi connectivity index (χ4v) is 5.86. The number of ether oxygens (including phenoxy) is 3. The van der Waals surface area contributed by atoms with Crippen LogP contribution in [0.2, 0.25) is 5.02 Å². The Morgan fingerprint density at radius 3 is 1.76 bits per heavy atom. The molecule has 5 rings (SSSR count). The van der Waals surface area contributed by atoms with Gasteiger partial charge in [-0.3, -0.25) is 4.79 Å². The third-order valence-corrected chi connectivity index (χ3v) is 8.31. The molecule has 1 aliphatic rings. The molecule has 46 heavy (non-hydrogen) atoms. The minimum atomic E-state index is -0.869. The van der Waals surface area contributed by atoms with E-state index in [2.05, 4.69) is 17.6 Å². The van der Waals surface area contributed by atoms with Crippen LogP contribution in [0.3, 0.4) is 0 Å². The lowest BCUT2D eigenvalue weighted by Gasteiger charge is -2.48. The highest BCUT2D eigenvalue weighted by atomic mass is 35.5. The number of nitrogens with zero attached hydrogens (tertiary/aromatic N) is 1. The Hall–Kier alpha value is -3.79. The molecule has 0 spiro atoms. The van der Waals surface area contributed by atoms with Gasteiger partial charge >= 0.3 is 0 Å². The standard InChI is InChI=1S/C37H40ClN3O4S/c1-2-22-41-32(23-39-37(46)40-31-20-18-30(38)19-21-31)33(43-24-27-12-6-3-7-13-27)34(44-25-28-14-8-4-9-15-28)35(36(41)42)45-26-29-16-10-5-11-17-29/h3-21,32-35H,2,22-26H2,1H3,(H2,39,40,46)/t32-,33-,34-,35-/m1/s1. The van der Waals surface area contributed by atoms with Crippen LogP contribution in [0.5, 0.6) is 0 Å². The van der Waals surface area contributed by atoms with Gasteiger partial charge in [-0.1, -0.05) is 110 Å². The average molecular weight is 658 g/mol. The maximum Gasteiger partial charge on any atom is 0.254 e. The monoisotopic (exact) mass is 657 g/mol. The molecule has 4 atom stereocenters. The molecule has 0 radical (unpaired) electrons. The number of piperidine rings is 1. The van der Waals surface area contributed by atoms with Crippen LogP contribution in [0, 0.1) is 0 Å². The van der Waals surface area contributed by atoms with Gasteiger partial charge in [-0.2, -0.15) is 0 Å². The second-order valence-corrected chi connectivity index (χ2v) is 12.0. The van der Waals surface area contributed by atoms with E-state index in [1.165, 1.54) is 0 Å². The summed E-state index contributed by atoms with van der Waals surface area (Å²) in [5, 5.41) is 7.61. The van der Waals surface area contributed by atoms with Crippen molar-refractivity contribution in [1.29, 1.82) is 0 Å². The molecule has 4 aromatic carbocycles. The predicted molar refractivity (Wildman–Crippen MR) is 187 cm³/mol. The molecule has 0 aromatic heterocycles. The Morgan fingerprint density at radius 1 is 0.739 bits per heavy atom. The number of nitrogens with one attached hydrogen (secondary N) is 2. The normalized spacial score (nSPS) is 19.5. The summed E-state index contributed by atoms with van der Waals surface area (Å²) < 4.78 is 19.8. The van der Waals surface area contributed by atoms with E-state index in [9.17, 15) is 4.79 Å². The topological polar surface area (TPSA) is 72.1 Å². The molecule has 1 saturated heterocycles. The van der Waals surface area contributed by atoms with Crippen LogP contribution >= 0.6 is 23.8 Å². The van der Waals surface area contributed by atoms with Gasteiger partial charge in [0.2, 0.25) is 0 Å². The van der Waals surface area contributed by atoms with E-state index in [-0.39, 0.29) is 12.5 Å². The minimum Gasteiger partial charge on any atom is -0.368 e. The van der Waals surface area contributed by atoms with Gasteiger partial charge in [0.05, 0.1) is 25.9 Å². The Balaban J connectivity index is 1.43. The second-order valence-electron chi connectivity index (χ2n) is 11.2. The molecule has 1 aliphatic heterocycles. The molecular weight excluding hydrogens is 618 g/mol. The predicted octanol–water partition coefficient (Wildman–Crippen LogP) is 7.00. The summed E-state index contributed by atoms with van der Waals surface area (Å²) in [5.74, 6) is -0.126. The van der Waals surface area contributed by atoms with Crippen LogP contribution in [-0.2, 0) is 38.8 Å². The fraction of sp³-hybridized carbons (Fsp3) is 0.297. The molecule has 9 heteroatoms. The van der Waals surface area contributed by atoms with Crippen molar-refractivity contribution in [2.75, 3.05) is 18.4 Å². The van der Waals surface area contributed by atoms with Crippen molar-refractivity contribution in [2.45, 2.75) is 57.5 Å². The van der Waals surface area contributed by atoms with Crippen molar-refractivity contribution in [3.63, 3.8) is 0 Å². The largest absolute Gasteiger partial charge is 0.368 e. The third kappa shape index (κ3) is 9.37. The van der Waals surface area contributed by atoms with Crippen molar-refractivity contribution >= 4 is 40.5 Å². The van der Waals surface area contributed by atoms with Crippen LogP contribution in [0.15, 0.2) is 115 Å². The molecule has 0 bridgehead atoms. The number of carbonyl (C=O) groups is 1. The quantitative estimate of drug-likeness (QED) is 0.142. The van der Waals surface area contributed by atoms with Gasteiger partial charge in [0.1, 0.15) is 12.2 Å². The first-order chi connectivity index (χ1) is 22.5. The molecular formula is C37H40ClN3O4S. The SMILES string of the molecule is CCCN1C(=O)[C@H](OCc2ccccc2)[C@H](OCc2ccccc2)[C@H](OCc2ccccc2)[C@H]1CNC(=S)Nc1ccc(Cl)cc1. The number of thiocarbonyl (C=S) groups is 1. The number of halogens is 1. The molecule has 240 valence electrons. The van der Waals surface area contributed by atoms with E-state index in [0.717, 1.165) is 28.8 Å². The first-order valence-corrected chi connectivity index (χ1v) is 16.4. The summed E-state index contributed by atoms with van der Waals surface area (Å²) in [7, 11) is 0. The van der Waals surface area contributed by atoms with Crippen molar-refractivity contribution in [2.24, 2.45) is 0 Å². The first kappa shape index (κ1) is 33.6. The lowest BCUT2D eigenvalue weighted by Crippen LogP contribution is -2.68. The lowest BCUT2D eigenvalue weighted by atomic mass is 9.91. The number of hydrogen-bond donors (Lipinski definition) is 2. The van der Waals surface area contributed by atoms with Gasteiger partial charge in [-0.05, 0) is 59.6 Å². The number of likely N-dealkylation sites (tertiary alicyclic amines) is 1. The molecule has 7 nitrogen and oxygen atoms in total. The summed E-state index contributed by atoms with van der Waals surface area (Å²) in [6.45, 7) is 3.86. The summed E-state index contributed by atoms with van der Waals surface area (Å²) >= 11 is 11.7. The Morgan fingerprint density at radius 2 is 1.24 bits per heavy atom. The molecule has 2 N–H and O–H groups in total. The fourth-order valence-electron chi connectivity index (χ4n) is 5.53. The first-order valence-electron chi connectivity index (χ1n) is 15.6. The zero-order valence-electron chi connectivity index (χ0n) is 25.9. The average Bonchev–Trinajstić information content (AvgIpc) is 3.09. The number of anilines is 1. The zero-order chi connectivity index (χ0) is 32.1. The molecule has 0 saturated carbocycles. The summed E-state index contributed by atoms with van der Waals surface area (Å²) in [6, 6.07) is 36.7. The Kier molecular flexibility index (Phi) is 12.6. The molecule has 1 amide bonds. The van der Waals surface area contributed by atoms with Crippen molar-refractivity contribution in [3.8, 4) is 0 Å². The van der Waals surface area contributed by atoms with Gasteiger partial charge in [-0.15, -0.1) is 0 Å². The molecule has 0 unspecified atom stereocenters. The maximum absolute atomic E-state index is 14.3. The molecule has 4 aromatic rings. The van der Waals surface area contributed by atoms with E-state index in [1.54, 1.807) is 12.1 Å². The Bertz CT molecular complexity index is 1510. The highest BCUT2D eigenvalue weighted by Gasteiger charge is 2.50. The smallest absolute Gasteiger partial charge is 0.254 e. The lowest BCUT2D eigenvalue weighted by molar-refractivity contribution is -0.208. The highest BCUT2D eigenvalue weighted by Crippen LogP contribution is 2.30. The minimum absolute atomic E-state index is 0.126. The molecule has 1 fully saturated rings. The van der Waals surface area contributed by atoms with E-state index in [0.29, 0.717) is 36.4 Å². The second kappa shape index (κ2) is 17.2. The highest BCUT2D eigenvalue weighted by molar-refractivity contribution is 7.80. The summed E-state index contributed by atoms with van der Waals surface area (Å²) in [6.07, 6.45) is -1.31. The molecule has 0 aliphatic carbocycles. The molecule has 1 heterocycles. The Labute approximate surface area is 281 Å². The maximum atomic E-state index is 14.3. The number of hydrogen-bond acceptors (Lipinski definition) is 5. The van der Waals surface area contributed by atoms with Crippen LogP contribution in [0.4, 0.5) is 5.69 Å². The number of carbonyl (C=O) groups excluding carboxylic acids is 1. The van der Waals surface area contributed by atoms with Crippen LogP contribution in [0.25, 0.3) is 0 Å². The van der Waals surface area contributed by atoms with Gasteiger partial charge in [0.15, 0.2) is 11.2 Å². The van der Waals surface area contributed by atoms with Gasteiger partial charge in [0.25, 0.3) is 5.91 Å². The van der Waals surface area contributed by atoms with Crippen molar-refractivity contribution in [3.05, 3.63) is 137 Å². The van der Waals surface area contributed by atoms with E-state index < -0.39 is 24.4 Å². The van der Waals surface area contributed by atoms with Gasteiger partial charge in [0, 0.05) is 23.8 Å². The van der Waals surface area contributed by atoms with Gasteiger partial charge < -0.3 is 29.7 Å². The van der Waals surface area contributed by atoms with E-state index in [4.69, 9.17) is 38.0 Å². The summed E-state index contributed by atoms with van der Waals surface area (Å²) in [5.41, 5.74) is 3.81. The number of rotatable bonds is 14. The van der Waals surface area contributed by atoms with Crippen molar-refractivity contribution in [1.82, 2.24) is 10.2 Å². The van der Waals surface area contributed by atoms with Crippen LogP contribution in [-0.4, -0.2) is 53.4 Å². The van der Waals surface area contributed by atoms with Gasteiger partial charge in [-0.25, -0.2) is 0 Å². The van der Waals surface area contributed by atoms with Crippen molar-refractivity contribution < 1.29 is 19.0 Å². The van der Waals surface area contributed by atoms with Crippen LogP contribution in [0.1, 0.15) is 30.0 Å². The van der Waals surface area contributed by atoms with Crippen LogP contribution < -0.4 is 10.6 Å². The zero-order valence-corrected chi connectivity index (χ0v) is 27.5. The van der Waals surface area contributed by atoms with E-state index in [1.807, 2.05) is 108 Å². The third-order valence-electron chi connectivity index (χ3n) is 7.81. The van der Waals surface area contributed by atoms with E-state index >= 15 is 0 Å². The summed E-state index contributed by atoms with van der Waals surface area (Å²) in [4.78, 5) is 16.2. The number of amides is 1. The number of benzene rings is 4.